The molecular weight excluding hydrogens is 214 g/mol. The Balaban J connectivity index is 1.68. The zero-order chi connectivity index (χ0) is 11.9. The van der Waals surface area contributed by atoms with Gasteiger partial charge in [0.15, 0.2) is 0 Å². The van der Waals surface area contributed by atoms with Gasteiger partial charge in [-0.3, -0.25) is 4.68 Å². The van der Waals surface area contributed by atoms with Crippen molar-refractivity contribution in [3.63, 3.8) is 0 Å². The first-order chi connectivity index (χ1) is 8.18. The van der Waals surface area contributed by atoms with Gasteiger partial charge in [-0.1, -0.05) is 0 Å². The van der Waals surface area contributed by atoms with Gasteiger partial charge in [0.05, 0.1) is 11.8 Å². The monoisotopic (exact) mass is 235 g/mol. The van der Waals surface area contributed by atoms with Gasteiger partial charge in [-0.2, -0.15) is 5.10 Å². The number of nitrogens with one attached hydrogen (secondary N) is 1. The minimum Gasteiger partial charge on any atom is -0.389 e. The van der Waals surface area contributed by atoms with Gasteiger partial charge in [0.1, 0.15) is 0 Å². The molecule has 2 aliphatic rings. The van der Waals surface area contributed by atoms with Gasteiger partial charge in [0, 0.05) is 30.9 Å². The Labute approximate surface area is 102 Å². The molecule has 0 saturated heterocycles. The molecule has 1 saturated carbocycles. The molecule has 0 aromatic carbocycles. The molecule has 2 N–H and O–H groups in total. The van der Waals surface area contributed by atoms with Crippen molar-refractivity contribution in [1.29, 1.82) is 0 Å². The molecule has 2 aliphatic carbocycles. The normalized spacial score (nSPS) is 26.4. The van der Waals surface area contributed by atoms with Crippen LogP contribution in [0.25, 0.3) is 0 Å². The van der Waals surface area contributed by atoms with Crippen LogP contribution in [-0.2, 0) is 13.5 Å². The molecule has 1 aromatic heterocycles. The molecule has 4 heteroatoms. The van der Waals surface area contributed by atoms with Gasteiger partial charge >= 0.3 is 0 Å². The fourth-order valence-electron chi connectivity index (χ4n) is 2.99. The predicted octanol–water partition coefficient (Wildman–Crippen LogP) is 1.30. The average Bonchev–Trinajstić information content (AvgIpc) is 2.67. The first kappa shape index (κ1) is 11.2. The van der Waals surface area contributed by atoms with Crippen LogP contribution >= 0.6 is 0 Å². The lowest BCUT2D eigenvalue weighted by atomic mass is 9.80. The van der Waals surface area contributed by atoms with Gasteiger partial charge in [0.2, 0.25) is 0 Å². The van der Waals surface area contributed by atoms with Crippen LogP contribution in [0.15, 0.2) is 6.20 Å². The summed E-state index contributed by atoms with van der Waals surface area (Å²) in [7, 11) is 2.01. The maximum atomic E-state index is 10.1. The van der Waals surface area contributed by atoms with Crippen LogP contribution in [0.1, 0.15) is 49.4 Å². The van der Waals surface area contributed by atoms with Crippen LogP contribution < -0.4 is 5.32 Å². The number of hydrogen-bond acceptors (Lipinski definition) is 3. The maximum absolute atomic E-state index is 10.1. The van der Waals surface area contributed by atoms with Crippen LogP contribution in [0, 0.1) is 0 Å². The summed E-state index contributed by atoms with van der Waals surface area (Å²) < 4.78 is 1.99. The first-order valence-electron chi connectivity index (χ1n) is 6.64. The molecule has 1 atom stereocenters. The molecule has 0 spiro atoms. The third-order valence-electron chi connectivity index (χ3n) is 4.34. The Morgan fingerprint density at radius 1 is 1.53 bits per heavy atom. The average molecular weight is 235 g/mol. The predicted molar refractivity (Wildman–Crippen MR) is 65.7 cm³/mol. The van der Waals surface area contributed by atoms with Crippen LogP contribution in [0.5, 0.6) is 0 Å². The van der Waals surface area contributed by atoms with E-state index in [1.54, 1.807) is 0 Å². The molecule has 17 heavy (non-hydrogen) atoms. The van der Waals surface area contributed by atoms with Crippen LogP contribution in [0.4, 0.5) is 0 Å². The number of aryl methyl sites for hydroxylation is 1. The van der Waals surface area contributed by atoms with E-state index in [9.17, 15) is 5.11 Å². The van der Waals surface area contributed by atoms with E-state index in [2.05, 4.69) is 10.4 Å². The Morgan fingerprint density at radius 3 is 3.06 bits per heavy atom. The van der Waals surface area contributed by atoms with Crippen molar-refractivity contribution in [3.8, 4) is 0 Å². The maximum Gasteiger partial charge on any atom is 0.0771 e. The van der Waals surface area contributed by atoms with Crippen molar-refractivity contribution in [2.75, 3.05) is 6.54 Å². The summed E-state index contributed by atoms with van der Waals surface area (Å²) in [6.07, 6.45) is 8.56. The third kappa shape index (κ3) is 2.00. The Hall–Kier alpha value is -0.870. The Morgan fingerprint density at radius 2 is 2.35 bits per heavy atom. The van der Waals surface area contributed by atoms with Crippen LogP contribution in [0.3, 0.4) is 0 Å². The molecule has 94 valence electrons. The van der Waals surface area contributed by atoms with E-state index in [0.29, 0.717) is 6.04 Å². The van der Waals surface area contributed by atoms with Gasteiger partial charge in [0.25, 0.3) is 0 Å². The van der Waals surface area contributed by atoms with Crippen molar-refractivity contribution in [1.82, 2.24) is 15.1 Å². The lowest BCUT2D eigenvalue weighted by Gasteiger charge is -2.38. The highest BCUT2D eigenvalue weighted by atomic mass is 16.3. The number of aromatic nitrogens is 2. The summed E-state index contributed by atoms with van der Waals surface area (Å²) >= 11 is 0. The largest absolute Gasteiger partial charge is 0.389 e. The molecule has 4 nitrogen and oxygen atoms in total. The quantitative estimate of drug-likeness (QED) is 0.830. The van der Waals surface area contributed by atoms with E-state index < -0.39 is 5.60 Å². The molecule has 1 unspecified atom stereocenters. The first-order valence-corrected chi connectivity index (χ1v) is 6.64. The summed E-state index contributed by atoms with van der Waals surface area (Å²) in [6.45, 7) is 0.728. The molecule has 1 heterocycles. The lowest BCUT2D eigenvalue weighted by molar-refractivity contribution is -0.0336. The molecule has 0 amide bonds. The van der Waals surface area contributed by atoms with Gasteiger partial charge < -0.3 is 10.4 Å². The SMILES string of the molecule is Cn1ncc2c1CCCC2NCC1(O)CCC1. The third-order valence-corrected chi connectivity index (χ3v) is 4.34. The minimum atomic E-state index is -0.431. The summed E-state index contributed by atoms with van der Waals surface area (Å²) in [5, 5.41) is 18.0. The summed E-state index contributed by atoms with van der Waals surface area (Å²) in [5.74, 6) is 0. The Kier molecular flexibility index (Phi) is 2.71. The van der Waals surface area contributed by atoms with Crippen LogP contribution in [0.2, 0.25) is 0 Å². The van der Waals surface area contributed by atoms with Crippen molar-refractivity contribution in [2.45, 2.75) is 50.2 Å². The summed E-state index contributed by atoms with van der Waals surface area (Å²) in [4.78, 5) is 0. The highest BCUT2D eigenvalue weighted by molar-refractivity contribution is 5.24. The summed E-state index contributed by atoms with van der Waals surface area (Å²) in [5.41, 5.74) is 2.26. The van der Waals surface area contributed by atoms with Crippen molar-refractivity contribution in [3.05, 3.63) is 17.5 Å². The van der Waals surface area contributed by atoms with E-state index >= 15 is 0 Å². The number of aliphatic hydroxyl groups is 1. The molecule has 1 fully saturated rings. The number of hydrogen-bond donors (Lipinski definition) is 2. The highest BCUT2D eigenvalue weighted by Gasteiger charge is 2.35. The molecular formula is C13H21N3O. The molecule has 0 bridgehead atoms. The van der Waals surface area contributed by atoms with Crippen molar-refractivity contribution < 1.29 is 5.11 Å². The van der Waals surface area contributed by atoms with Gasteiger partial charge in [-0.25, -0.2) is 0 Å². The number of nitrogens with zero attached hydrogens (tertiary/aromatic N) is 2. The fourth-order valence-corrected chi connectivity index (χ4v) is 2.99. The zero-order valence-corrected chi connectivity index (χ0v) is 10.4. The van der Waals surface area contributed by atoms with Gasteiger partial charge in [-0.05, 0) is 38.5 Å². The van der Waals surface area contributed by atoms with E-state index in [4.69, 9.17) is 0 Å². The number of rotatable bonds is 3. The van der Waals surface area contributed by atoms with Crippen LogP contribution in [-0.4, -0.2) is 27.0 Å². The topological polar surface area (TPSA) is 50.1 Å². The molecule has 0 aliphatic heterocycles. The van der Waals surface area contributed by atoms with Crippen molar-refractivity contribution in [2.24, 2.45) is 7.05 Å². The second kappa shape index (κ2) is 4.10. The standard InChI is InChI=1S/C13H21N3O/c1-16-12-5-2-4-11(10(12)8-15-16)14-9-13(17)6-3-7-13/h8,11,14,17H,2-7,9H2,1H3. The van der Waals surface area contributed by atoms with Gasteiger partial charge in [-0.15, -0.1) is 0 Å². The lowest BCUT2D eigenvalue weighted by Crippen LogP contribution is -2.47. The smallest absolute Gasteiger partial charge is 0.0771 e. The molecule has 0 radical (unpaired) electrons. The second-order valence-electron chi connectivity index (χ2n) is 5.57. The fraction of sp³-hybridized carbons (Fsp3) is 0.769. The summed E-state index contributed by atoms with van der Waals surface area (Å²) in [6, 6.07) is 0.386. The molecule has 1 aromatic rings. The Bertz CT molecular complexity index is 409. The van der Waals surface area contributed by atoms with E-state index in [1.807, 2.05) is 17.9 Å². The second-order valence-corrected chi connectivity index (χ2v) is 5.57. The van der Waals surface area contributed by atoms with E-state index in [1.165, 1.54) is 24.1 Å². The molecule has 3 rings (SSSR count). The van der Waals surface area contributed by atoms with E-state index in [-0.39, 0.29) is 0 Å². The number of fused-ring (bicyclic) bond motifs is 1. The van der Waals surface area contributed by atoms with Crippen molar-refractivity contribution >= 4 is 0 Å². The van der Waals surface area contributed by atoms with E-state index in [0.717, 1.165) is 32.2 Å². The minimum absolute atomic E-state index is 0.386. The highest BCUT2D eigenvalue weighted by Crippen LogP contribution is 2.33. The zero-order valence-electron chi connectivity index (χ0n) is 10.4.